The number of likely N-dealkylation sites (N-methyl/N-ethyl adjacent to an activating group) is 1. The number of esters is 1. The van der Waals surface area contributed by atoms with E-state index < -0.39 is 11.6 Å². The van der Waals surface area contributed by atoms with Crippen molar-refractivity contribution >= 4 is 29.6 Å². The lowest BCUT2D eigenvalue weighted by atomic mass is 10.2. The van der Waals surface area contributed by atoms with Crippen molar-refractivity contribution in [3.63, 3.8) is 0 Å². The molecule has 1 aromatic carbocycles. The van der Waals surface area contributed by atoms with Gasteiger partial charge in [0.25, 0.3) is 0 Å². The fourth-order valence-corrected chi connectivity index (χ4v) is 2.20. The monoisotopic (exact) mass is 366 g/mol. The summed E-state index contributed by atoms with van der Waals surface area (Å²) in [5, 5.41) is 0.604. The van der Waals surface area contributed by atoms with E-state index in [1.807, 2.05) is 31.1 Å². The van der Waals surface area contributed by atoms with Gasteiger partial charge in [-0.25, -0.2) is 0 Å². The predicted octanol–water partition coefficient (Wildman–Crippen LogP) is 3.09. The minimum atomic E-state index is -0.579. The van der Waals surface area contributed by atoms with Gasteiger partial charge in [-0.2, -0.15) is 0 Å². The second-order valence-corrected chi connectivity index (χ2v) is 7.47. The average molecular weight is 367 g/mol. The third-order valence-corrected chi connectivity index (χ3v) is 3.37. The first-order chi connectivity index (χ1) is 11.6. The standard InChI is InChI=1S/C19H27ClN2O3/c1-19(2,3)25-18(24)14-22(12-11-21(4)5)17(23)10-9-15-7-6-8-16(20)13-15/h6-10,13H,11-12,14H2,1-5H3/b10-9+. The number of ether oxygens (including phenoxy) is 1. The molecule has 0 N–H and O–H groups in total. The molecule has 25 heavy (non-hydrogen) atoms. The van der Waals surface area contributed by atoms with Crippen LogP contribution in [0.3, 0.4) is 0 Å². The van der Waals surface area contributed by atoms with E-state index in [4.69, 9.17) is 16.3 Å². The van der Waals surface area contributed by atoms with E-state index in [1.54, 1.807) is 39.0 Å². The van der Waals surface area contributed by atoms with E-state index >= 15 is 0 Å². The summed E-state index contributed by atoms with van der Waals surface area (Å²) in [4.78, 5) is 28.0. The number of nitrogens with zero attached hydrogens (tertiary/aromatic N) is 2. The number of hydrogen-bond acceptors (Lipinski definition) is 4. The summed E-state index contributed by atoms with van der Waals surface area (Å²) >= 11 is 5.94. The Morgan fingerprint density at radius 1 is 1.20 bits per heavy atom. The number of carbonyl (C=O) groups excluding carboxylic acids is 2. The summed E-state index contributed by atoms with van der Waals surface area (Å²) in [6, 6.07) is 7.21. The van der Waals surface area contributed by atoms with Crippen molar-refractivity contribution in [1.29, 1.82) is 0 Å². The van der Waals surface area contributed by atoms with E-state index in [1.165, 1.54) is 11.0 Å². The summed E-state index contributed by atoms with van der Waals surface area (Å²) in [6.07, 6.45) is 3.14. The van der Waals surface area contributed by atoms with Crippen LogP contribution >= 0.6 is 11.6 Å². The molecule has 0 unspecified atom stereocenters. The number of amides is 1. The topological polar surface area (TPSA) is 49.9 Å². The molecule has 6 heteroatoms. The number of halogens is 1. The Balaban J connectivity index is 2.79. The van der Waals surface area contributed by atoms with Gasteiger partial charge in [0.15, 0.2) is 0 Å². The highest BCUT2D eigenvalue weighted by atomic mass is 35.5. The summed E-state index contributed by atoms with van der Waals surface area (Å²) in [5.74, 6) is -0.663. The van der Waals surface area contributed by atoms with Crippen LogP contribution in [0, 0.1) is 0 Å². The first kappa shape index (κ1) is 21.2. The largest absolute Gasteiger partial charge is 0.459 e. The molecular formula is C19H27ClN2O3. The van der Waals surface area contributed by atoms with Crippen molar-refractivity contribution in [3.05, 3.63) is 40.9 Å². The lowest BCUT2D eigenvalue weighted by Gasteiger charge is -2.25. The SMILES string of the molecule is CN(C)CCN(CC(=O)OC(C)(C)C)C(=O)/C=C/c1cccc(Cl)c1. The van der Waals surface area contributed by atoms with Crippen molar-refractivity contribution in [2.75, 3.05) is 33.7 Å². The van der Waals surface area contributed by atoms with Crippen LogP contribution in [0.2, 0.25) is 5.02 Å². The van der Waals surface area contributed by atoms with Crippen LogP contribution in [-0.2, 0) is 14.3 Å². The minimum absolute atomic E-state index is 0.0795. The molecule has 0 aliphatic rings. The quantitative estimate of drug-likeness (QED) is 0.549. The Kier molecular flexibility index (Phi) is 8.13. The van der Waals surface area contributed by atoms with Crippen LogP contribution < -0.4 is 0 Å². The zero-order chi connectivity index (χ0) is 19.0. The summed E-state index contributed by atoms with van der Waals surface area (Å²) in [6.45, 7) is 6.41. The molecule has 0 aliphatic heterocycles. The summed E-state index contributed by atoms with van der Waals surface area (Å²) in [5.41, 5.74) is 0.245. The van der Waals surface area contributed by atoms with E-state index in [9.17, 15) is 9.59 Å². The normalized spacial score (nSPS) is 11.8. The molecule has 1 aromatic rings. The molecule has 5 nitrogen and oxygen atoms in total. The molecule has 0 radical (unpaired) electrons. The Morgan fingerprint density at radius 2 is 1.88 bits per heavy atom. The number of rotatable bonds is 7. The molecule has 0 aromatic heterocycles. The Bertz CT molecular complexity index is 621. The molecule has 1 amide bonds. The van der Waals surface area contributed by atoms with Gasteiger partial charge in [-0.1, -0.05) is 23.7 Å². The first-order valence-electron chi connectivity index (χ1n) is 8.16. The number of hydrogen-bond donors (Lipinski definition) is 0. The van der Waals surface area contributed by atoms with E-state index in [-0.39, 0.29) is 12.5 Å². The molecule has 0 aliphatic carbocycles. The minimum Gasteiger partial charge on any atom is -0.459 e. The van der Waals surface area contributed by atoms with Crippen LogP contribution in [0.25, 0.3) is 6.08 Å². The lowest BCUT2D eigenvalue weighted by Crippen LogP contribution is -2.41. The van der Waals surface area contributed by atoms with Gasteiger partial charge in [0, 0.05) is 24.2 Å². The molecule has 0 saturated heterocycles. The van der Waals surface area contributed by atoms with Crippen molar-refractivity contribution < 1.29 is 14.3 Å². The maximum absolute atomic E-state index is 12.5. The maximum Gasteiger partial charge on any atom is 0.326 e. The summed E-state index contributed by atoms with van der Waals surface area (Å²) < 4.78 is 5.32. The van der Waals surface area contributed by atoms with Gasteiger partial charge >= 0.3 is 5.97 Å². The number of benzene rings is 1. The predicted molar refractivity (Wildman–Crippen MR) is 101 cm³/mol. The summed E-state index contributed by atoms with van der Waals surface area (Å²) in [7, 11) is 3.83. The highest BCUT2D eigenvalue weighted by molar-refractivity contribution is 6.30. The first-order valence-corrected chi connectivity index (χ1v) is 8.54. The third-order valence-electron chi connectivity index (χ3n) is 3.14. The lowest BCUT2D eigenvalue weighted by molar-refractivity contribution is -0.158. The highest BCUT2D eigenvalue weighted by Crippen LogP contribution is 2.12. The molecule has 0 heterocycles. The molecule has 1 rings (SSSR count). The van der Waals surface area contributed by atoms with E-state index in [0.717, 1.165) is 5.56 Å². The highest BCUT2D eigenvalue weighted by Gasteiger charge is 2.21. The Hall–Kier alpha value is -1.85. The smallest absolute Gasteiger partial charge is 0.326 e. The molecule has 0 spiro atoms. The molecule has 138 valence electrons. The van der Waals surface area contributed by atoms with Gasteiger partial charge < -0.3 is 14.5 Å². The molecular weight excluding hydrogens is 340 g/mol. The van der Waals surface area contributed by atoms with Crippen molar-refractivity contribution in [2.24, 2.45) is 0 Å². The van der Waals surface area contributed by atoms with Crippen LogP contribution in [0.5, 0.6) is 0 Å². The second-order valence-electron chi connectivity index (χ2n) is 7.04. The van der Waals surface area contributed by atoms with Crippen LogP contribution in [0.1, 0.15) is 26.3 Å². The van der Waals surface area contributed by atoms with Gasteiger partial charge in [-0.3, -0.25) is 9.59 Å². The average Bonchev–Trinajstić information content (AvgIpc) is 2.47. The van der Waals surface area contributed by atoms with Crippen molar-refractivity contribution in [2.45, 2.75) is 26.4 Å². The van der Waals surface area contributed by atoms with Gasteiger partial charge in [-0.15, -0.1) is 0 Å². The van der Waals surface area contributed by atoms with Gasteiger partial charge in [0.2, 0.25) is 5.91 Å². The van der Waals surface area contributed by atoms with Gasteiger partial charge in [0.05, 0.1) is 0 Å². The molecule has 0 saturated carbocycles. The zero-order valence-corrected chi connectivity index (χ0v) is 16.3. The van der Waals surface area contributed by atoms with Crippen molar-refractivity contribution in [1.82, 2.24) is 9.80 Å². The van der Waals surface area contributed by atoms with E-state index in [2.05, 4.69) is 0 Å². The second kappa shape index (κ2) is 9.59. The Morgan fingerprint density at radius 3 is 2.44 bits per heavy atom. The fourth-order valence-electron chi connectivity index (χ4n) is 2.00. The van der Waals surface area contributed by atoms with Gasteiger partial charge in [0.1, 0.15) is 12.1 Å². The van der Waals surface area contributed by atoms with Crippen LogP contribution in [0.4, 0.5) is 0 Å². The van der Waals surface area contributed by atoms with Crippen LogP contribution in [0.15, 0.2) is 30.3 Å². The fraction of sp³-hybridized carbons (Fsp3) is 0.474. The van der Waals surface area contributed by atoms with Crippen molar-refractivity contribution in [3.8, 4) is 0 Å². The Labute approximate surface area is 155 Å². The molecule has 0 bridgehead atoms. The molecule has 0 atom stereocenters. The molecule has 0 fully saturated rings. The third kappa shape index (κ3) is 9.27. The maximum atomic E-state index is 12.5. The van der Waals surface area contributed by atoms with E-state index in [0.29, 0.717) is 18.1 Å². The number of carbonyl (C=O) groups is 2. The zero-order valence-electron chi connectivity index (χ0n) is 15.6. The van der Waals surface area contributed by atoms with Crippen LogP contribution in [-0.4, -0.2) is 61.0 Å². The van der Waals surface area contributed by atoms with Gasteiger partial charge in [-0.05, 0) is 58.6 Å².